The predicted octanol–water partition coefficient (Wildman–Crippen LogP) is 2.59. The topological polar surface area (TPSA) is 196 Å². The average molecular weight is 651 g/mol. The number of rotatable bonds is 5. The van der Waals surface area contributed by atoms with Gasteiger partial charge in [0.15, 0.2) is 6.10 Å². The second kappa shape index (κ2) is 16.7. The lowest BCUT2D eigenvalue weighted by Gasteiger charge is -2.30. The summed E-state index contributed by atoms with van der Waals surface area (Å²) in [7, 11) is 2.86. The van der Waals surface area contributed by atoms with Gasteiger partial charge in [0, 0.05) is 55.3 Å². The van der Waals surface area contributed by atoms with E-state index in [4.69, 9.17) is 19.9 Å². The van der Waals surface area contributed by atoms with Crippen LogP contribution >= 0.6 is 0 Å². The fraction of sp³-hybridized carbons (Fsp3) is 0.412. The summed E-state index contributed by atoms with van der Waals surface area (Å²) in [6, 6.07) is 2.93. The number of nitrogens with one attached hydrogen (secondary N) is 2. The van der Waals surface area contributed by atoms with E-state index in [1.165, 1.54) is 57.8 Å². The van der Waals surface area contributed by atoms with Gasteiger partial charge in [0.25, 0.3) is 11.8 Å². The Labute approximate surface area is 273 Å². The van der Waals surface area contributed by atoms with Gasteiger partial charge in [-0.3, -0.25) is 24.2 Å². The van der Waals surface area contributed by atoms with Crippen LogP contribution in [0.15, 0.2) is 83.0 Å². The molecule has 13 heteroatoms. The highest BCUT2D eigenvalue weighted by atomic mass is 16.6. The Balaban J connectivity index is 2.09. The number of carbonyl (C=O) groups excluding carboxylic acids is 5. The Kier molecular flexibility index (Phi) is 13.1. The molecular formula is C34H42N4O9. The number of fused-ring (bicyclic) bond motifs is 2. The molecule has 3 rings (SSSR count). The molecule has 6 atom stereocenters. The third-order valence-electron chi connectivity index (χ3n) is 7.97. The molecule has 1 aromatic heterocycles. The Hall–Kier alpha value is -4.72. The van der Waals surface area contributed by atoms with E-state index in [0.717, 1.165) is 6.08 Å². The van der Waals surface area contributed by atoms with E-state index < -0.39 is 59.8 Å². The molecule has 1 aromatic rings. The molecule has 0 saturated carbocycles. The molecule has 0 saturated heterocycles. The highest BCUT2D eigenvalue weighted by Gasteiger charge is 2.34. The van der Waals surface area contributed by atoms with Crippen molar-refractivity contribution in [2.45, 2.75) is 65.0 Å². The van der Waals surface area contributed by atoms with Crippen molar-refractivity contribution in [1.82, 2.24) is 15.6 Å². The van der Waals surface area contributed by atoms with Crippen LogP contribution in [-0.4, -0.2) is 78.2 Å². The van der Waals surface area contributed by atoms with Crippen molar-refractivity contribution >= 4 is 29.5 Å². The number of aromatic nitrogens is 1. The summed E-state index contributed by atoms with van der Waals surface area (Å²) < 4.78 is 16.6. The summed E-state index contributed by atoms with van der Waals surface area (Å²) in [5, 5.41) is 16.4. The van der Waals surface area contributed by atoms with Crippen molar-refractivity contribution in [2.75, 3.05) is 14.2 Å². The molecule has 1 aliphatic carbocycles. The molecule has 0 radical (unpaired) electrons. The molecule has 2 aliphatic rings. The van der Waals surface area contributed by atoms with E-state index in [1.807, 2.05) is 6.92 Å². The number of hydrogen-bond donors (Lipinski definition) is 4. The van der Waals surface area contributed by atoms with Crippen LogP contribution < -0.4 is 16.4 Å². The molecule has 3 amide bonds. The number of nitrogens with two attached hydrogens (primary N) is 1. The van der Waals surface area contributed by atoms with E-state index in [9.17, 15) is 29.1 Å². The largest absolute Gasteiger partial charge is 0.439 e. The van der Waals surface area contributed by atoms with Crippen molar-refractivity contribution in [3.05, 3.63) is 88.6 Å². The van der Waals surface area contributed by atoms with Gasteiger partial charge >= 0.3 is 6.09 Å². The lowest BCUT2D eigenvalue weighted by molar-refractivity contribution is -0.120. The molecule has 252 valence electrons. The number of Topliss-reactive ketones (excluding diaryl/α,β-unsaturated/α-hetero) is 1. The second-order valence-corrected chi connectivity index (χ2v) is 11.6. The Morgan fingerprint density at radius 1 is 1.09 bits per heavy atom. The van der Waals surface area contributed by atoms with Gasteiger partial charge in [-0.2, -0.15) is 0 Å². The molecular weight excluding hydrogens is 608 g/mol. The fourth-order valence-electron chi connectivity index (χ4n) is 5.41. The third-order valence-corrected chi connectivity index (χ3v) is 7.97. The molecule has 2 heterocycles. The van der Waals surface area contributed by atoms with Crippen LogP contribution in [0.3, 0.4) is 0 Å². The summed E-state index contributed by atoms with van der Waals surface area (Å²) in [5.74, 6) is -3.41. The van der Waals surface area contributed by atoms with Crippen LogP contribution in [-0.2, 0) is 28.6 Å². The summed E-state index contributed by atoms with van der Waals surface area (Å²) >= 11 is 0. The molecule has 2 bridgehead atoms. The first-order chi connectivity index (χ1) is 22.3. The van der Waals surface area contributed by atoms with Gasteiger partial charge < -0.3 is 35.7 Å². The monoisotopic (exact) mass is 650 g/mol. The Morgan fingerprint density at radius 2 is 1.77 bits per heavy atom. The van der Waals surface area contributed by atoms with E-state index in [0.29, 0.717) is 5.57 Å². The maximum Gasteiger partial charge on any atom is 0.405 e. The van der Waals surface area contributed by atoms with E-state index in [1.54, 1.807) is 26.0 Å². The Morgan fingerprint density at radius 3 is 2.38 bits per heavy atom. The number of ether oxygens (including phenoxy) is 3. The van der Waals surface area contributed by atoms with Gasteiger partial charge in [0.1, 0.15) is 6.10 Å². The lowest BCUT2D eigenvalue weighted by Crippen LogP contribution is -2.38. The smallest absolute Gasteiger partial charge is 0.405 e. The standard InChI is InChI=1S/C34H42N4O9/c1-18-14-23-28(38-33(43)22-10-12-36-13-11-22)25(39)17-24(30(23)41)37-32(42)19(2)8-7-9-26(45-5)31(47-34(35)44)21(4)16-20(3)29(40)27(15-18)46-6/h7-13,16-18,20,26-27,29,31,40H,14-15H2,1-6H3,(H2,35,44)(H,37,42)(H,38,43)/b9-7-,19-8-,21-16-/t18-,20+,26-,27-,29+,31-/m1/s1. The van der Waals surface area contributed by atoms with Crippen molar-refractivity contribution in [1.29, 1.82) is 0 Å². The molecule has 13 nitrogen and oxygen atoms in total. The number of aliphatic hydroxyl groups is 1. The van der Waals surface area contributed by atoms with Gasteiger partial charge in [-0.25, -0.2) is 4.79 Å². The van der Waals surface area contributed by atoms with Crippen LogP contribution in [0.25, 0.3) is 0 Å². The van der Waals surface area contributed by atoms with Crippen LogP contribution in [0.4, 0.5) is 4.79 Å². The average Bonchev–Trinajstić information content (AvgIpc) is 3.04. The van der Waals surface area contributed by atoms with E-state index >= 15 is 0 Å². The van der Waals surface area contributed by atoms with Crippen molar-refractivity contribution in [3.63, 3.8) is 0 Å². The van der Waals surface area contributed by atoms with Gasteiger partial charge in [-0.05, 0) is 50.3 Å². The van der Waals surface area contributed by atoms with Crippen LogP contribution in [0.1, 0.15) is 50.9 Å². The summed E-state index contributed by atoms with van der Waals surface area (Å²) in [4.78, 5) is 69.0. The van der Waals surface area contributed by atoms with Crippen molar-refractivity contribution in [2.24, 2.45) is 17.6 Å². The molecule has 0 spiro atoms. The minimum Gasteiger partial charge on any atom is -0.439 e. The first-order valence-electron chi connectivity index (χ1n) is 15.1. The fourth-order valence-corrected chi connectivity index (χ4v) is 5.41. The number of primary amides is 1. The normalized spacial score (nSPS) is 29.4. The molecule has 47 heavy (non-hydrogen) atoms. The predicted molar refractivity (Wildman–Crippen MR) is 171 cm³/mol. The number of hydrogen-bond acceptors (Lipinski definition) is 10. The maximum absolute atomic E-state index is 13.8. The number of aliphatic hydroxyl groups excluding tert-OH is 1. The summed E-state index contributed by atoms with van der Waals surface area (Å²) in [6.45, 7) is 6.80. The zero-order valence-corrected chi connectivity index (χ0v) is 27.3. The number of pyridine rings is 1. The summed E-state index contributed by atoms with van der Waals surface area (Å²) in [6.07, 6.45) is 5.82. The number of amides is 3. The first kappa shape index (κ1) is 36.7. The molecule has 1 aliphatic heterocycles. The molecule has 0 unspecified atom stereocenters. The van der Waals surface area contributed by atoms with Crippen molar-refractivity contribution < 1.29 is 43.3 Å². The van der Waals surface area contributed by atoms with E-state index in [-0.39, 0.29) is 46.9 Å². The van der Waals surface area contributed by atoms with Crippen LogP contribution in [0.2, 0.25) is 0 Å². The van der Waals surface area contributed by atoms with Gasteiger partial charge in [-0.1, -0.05) is 38.2 Å². The first-order valence-corrected chi connectivity index (χ1v) is 15.1. The number of ketones is 2. The quantitative estimate of drug-likeness (QED) is 0.272. The molecule has 0 fully saturated rings. The van der Waals surface area contributed by atoms with Gasteiger partial charge in [0.05, 0.1) is 23.6 Å². The SMILES string of the molecule is CO[C@@H]1/C=C\C=C(\C)C(=O)NC2=CC(=O)C(NC(=O)c3ccncc3)=C(C[C@@H](C)C[C@@H](OC)[C@@H](O)[C@@H](C)/C=C(/C)[C@H]1OC(N)=O)C2=O. The van der Waals surface area contributed by atoms with Crippen LogP contribution in [0, 0.1) is 11.8 Å². The minimum absolute atomic E-state index is 0.00432. The Bertz CT molecular complexity index is 1530. The second-order valence-electron chi connectivity index (χ2n) is 11.6. The highest BCUT2D eigenvalue weighted by molar-refractivity contribution is 6.24. The lowest BCUT2D eigenvalue weighted by atomic mass is 9.85. The van der Waals surface area contributed by atoms with Crippen molar-refractivity contribution in [3.8, 4) is 0 Å². The number of allylic oxidation sites excluding steroid dienone is 4. The molecule has 5 N–H and O–H groups in total. The van der Waals surface area contributed by atoms with Gasteiger partial charge in [-0.15, -0.1) is 0 Å². The third kappa shape index (κ3) is 9.64. The number of nitrogens with zero attached hydrogens (tertiary/aromatic N) is 1. The number of methoxy groups -OCH3 is 2. The van der Waals surface area contributed by atoms with Crippen LogP contribution in [0.5, 0.6) is 0 Å². The zero-order valence-electron chi connectivity index (χ0n) is 27.3. The minimum atomic E-state index is -1.03. The highest BCUT2D eigenvalue weighted by Crippen LogP contribution is 2.29. The zero-order chi connectivity index (χ0) is 34.8. The summed E-state index contributed by atoms with van der Waals surface area (Å²) in [5.41, 5.74) is 5.87. The maximum atomic E-state index is 13.8. The van der Waals surface area contributed by atoms with E-state index in [2.05, 4.69) is 15.6 Å². The molecule has 0 aromatic carbocycles. The number of carbonyl (C=O) groups is 5. The van der Waals surface area contributed by atoms with Gasteiger partial charge in [0.2, 0.25) is 11.6 Å².